The van der Waals surface area contributed by atoms with Gasteiger partial charge in [0.15, 0.2) is 56.4 Å². The van der Waals surface area contributed by atoms with Gasteiger partial charge in [-0.1, -0.05) is 51.5 Å². The van der Waals surface area contributed by atoms with E-state index in [9.17, 15) is 107 Å². The van der Waals surface area contributed by atoms with Crippen molar-refractivity contribution < 1.29 is 192 Å². The third-order valence-electron chi connectivity index (χ3n) is 21.0. The second-order valence-electron chi connectivity index (χ2n) is 28.9. The molecule has 0 spiro atoms. The summed E-state index contributed by atoms with van der Waals surface area (Å²) in [6.07, 6.45) is -70.3. The number of carbonyl (C=O) groups excluding carboxylic acids is 2. The lowest BCUT2D eigenvalue weighted by molar-refractivity contribution is -0.428. The van der Waals surface area contributed by atoms with Gasteiger partial charge in [0.2, 0.25) is 0 Å². The Morgan fingerprint density at radius 3 is 1.20 bits per heavy atom. The van der Waals surface area contributed by atoms with Crippen LogP contribution >= 0.6 is 0 Å². The number of ether oxygens (including phenoxy) is 18. The molecule has 8 saturated heterocycles. The normalized spacial score (nSPS) is 47.2. The number of hydrogen-bond donors (Lipinski definition) is 19. The van der Waals surface area contributed by atoms with Gasteiger partial charge in [-0.3, -0.25) is 4.79 Å². The third kappa shape index (κ3) is 21.4. The van der Waals surface area contributed by atoms with Crippen LogP contribution in [0.1, 0.15) is 127 Å². The van der Waals surface area contributed by atoms with Crippen molar-refractivity contribution in [3.8, 4) is 0 Å². The number of hydrogen-bond acceptors (Lipinski definition) is 39. The van der Waals surface area contributed by atoms with E-state index in [-0.39, 0.29) is 12.0 Å². The highest BCUT2D eigenvalue weighted by atomic mass is 16.8. The minimum Gasteiger partial charge on any atom is -0.469 e. The molecule has 8 aliphatic heterocycles. The summed E-state index contributed by atoms with van der Waals surface area (Å²) in [4.78, 5) is 25.1. The Morgan fingerprint density at radius 2 is 0.729 bits per heavy atom. The zero-order valence-electron chi connectivity index (χ0n) is 61.5. The average Bonchev–Trinajstić information content (AvgIpc) is 0.761. The van der Waals surface area contributed by atoms with Gasteiger partial charge in [-0.15, -0.1) is 0 Å². The molecule has 8 rings (SSSR count). The molecule has 0 aromatic carbocycles. The van der Waals surface area contributed by atoms with E-state index in [1.54, 1.807) is 0 Å². The van der Waals surface area contributed by atoms with E-state index in [2.05, 4.69) is 4.74 Å². The summed E-state index contributed by atoms with van der Waals surface area (Å²) in [5, 5.41) is 215. The summed E-state index contributed by atoms with van der Waals surface area (Å²) in [6, 6.07) is 0. The maximum absolute atomic E-state index is 13.4. The molecule has 39 nitrogen and oxygen atoms in total. The number of carbonyl (C=O) groups is 2. The van der Waals surface area contributed by atoms with Crippen molar-refractivity contribution in [3.05, 3.63) is 11.6 Å². The Labute approximate surface area is 618 Å². The van der Waals surface area contributed by atoms with E-state index in [4.69, 9.17) is 80.5 Å². The lowest BCUT2D eigenvalue weighted by atomic mass is 9.94. The third-order valence-corrected chi connectivity index (χ3v) is 21.0. The van der Waals surface area contributed by atoms with Gasteiger partial charge in [0.1, 0.15) is 153 Å². The first-order chi connectivity index (χ1) is 50.6. The highest BCUT2D eigenvalue weighted by molar-refractivity contribution is 5.87. The van der Waals surface area contributed by atoms with Gasteiger partial charge in [-0.2, -0.15) is 0 Å². The van der Waals surface area contributed by atoms with Gasteiger partial charge in [0.05, 0.1) is 75.6 Å². The van der Waals surface area contributed by atoms with Crippen LogP contribution in [0.15, 0.2) is 11.6 Å². The maximum Gasteiger partial charge on any atom is 0.333 e. The number of aliphatic hydroxyl groups is 19. The van der Waals surface area contributed by atoms with Crippen LogP contribution in [0.4, 0.5) is 0 Å². The van der Waals surface area contributed by atoms with Crippen LogP contribution < -0.4 is 0 Å². The number of methoxy groups -OCH3 is 1. The van der Waals surface area contributed by atoms with E-state index < -0.39 is 283 Å². The predicted octanol–water partition coefficient (Wildman–Crippen LogP) is -6.92. The first-order valence-corrected chi connectivity index (χ1v) is 36.8. The summed E-state index contributed by atoms with van der Waals surface area (Å²) < 4.78 is 111. The average molecular weight is 1560 g/mol. The molecule has 0 amide bonds. The van der Waals surface area contributed by atoms with Gasteiger partial charge in [-0.25, -0.2) is 4.79 Å². The Morgan fingerprint density at radius 1 is 0.374 bits per heavy atom. The van der Waals surface area contributed by atoms with Crippen molar-refractivity contribution in [2.45, 2.75) is 384 Å². The fourth-order valence-corrected chi connectivity index (χ4v) is 14.1. The van der Waals surface area contributed by atoms with Crippen LogP contribution in [-0.4, -0.2) is 387 Å². The molecule has 0 aliphatic carbocycles. The van der Waals surface area contributed by atoms with Crippen molar-refractivity contribution in [2.75, 3.05) is 20.3 Å². The Balaban J connectivity index is 1.17. The topological polar surface area (TPSA) is 585 Å². The van der Waals surface area contributed by atoms with Gasteiger partial charge >= 0.3 is 11.9 Å². The molecule has 0 aromatic rings. The SMILES string of the molecule is C/C=C(\C)C(=O)O[C@H]1[C@H](O[C@@H]2O[C@@H](C)[C@H](O)[C@@H](O)[C@H]2O)[C@@H](O)[C@H](O[C@H]2[C@H](O[C@@H]3[C@@H](O[C@@H]4O[C@H](C)[C@@H](O)[C@H](O)[C@H]4O)[C@H](C)O[C@@H](O[C@H]4[C@H](O[C@H]5[C@H](O[C@@H](CCC)CCCCCCC[C@H](O)CC(=O)OC)O[C@H](C)[C@H](O)[C@@H]5O)O[C@H](CO)[C@@H](O)[C@@H]4O)[C@@H]3O[C@@H]3O[C@@H](C)[C@H](O)[C@@H](O)[C@H]3O)O[C@H](CO)[C@@H](O)[C@@H]2O)O[C@@H]1C. The van der Waals surface area contributed by atoms with Gasteiger partial charge in [-0.05, 0) is 74.7 Å². The Hall–Kier alpha value is -2.72. The number of rotatable bonds is 32. The quantitative estimate of drug-likeness (QED) is 0.0169. The van der Waals surface area contributed by atoms with E-state index in [1.807, 2.05) is 6.92 Å². The van der Waals surface area contributed by atoms with Gasteiger partial charge in [0, 0.05) is 5.57 Å². The number of allylic oxidation sites excluding steroid dienone is 1. The van der Waals surface area contributed by atoms with Crippen LogP contribution in [0.25, 0.3) is 0 Å². The van der Waals surface area contributed by atoms with Crippen LogP contribution in [-0.2, 0) is 94.9 Å². The minimum atomic E-state index is -2.29. The maximum atomic E-state index is 13.4. The summed E-state index contributed by atoms with van der Waals surface area (Å²) in [5.41, 5.74) is 0.0752. The van der Waals surface area contributed by atoms with Crippen LogP contribution in [0, 0.1) is 0 Å². The van der Waals surface area contributed by atoms with E-state index >= 15 is 0 Å². The molecule has 622 valence electrons. The summed E-state index contributed by atoms with van der Waals surface area (Å²) in [6.45, 7) is 10.8. The largest absolute Gasteiger partial charge is 0.469 e. The van der Waals surface area contributed by atoms with Crippen LogP contribution in [0.5, 0.6) is 0 Å². The van der Waals surface area contributed by atoms with Crippen LogP contribution in [0.2, 0.25) is 0 Å². The smallest absolute Gasteiger partial charge is 0.333 e. The Bertz CT molecular complexity index is 2710. The second-order valence-corrected chi connectivity index (χ2v) is 28.9. The zero-order chi connectivity index (χ0) is 78.9. The lowest BCUT2D eigenvalue weighted by Gasteiger charge is -2.53. The molecule has 0 aromatic heterocycles. The monoisotopic (exact) mass is 1560 g/mol. The molecule has 0 saturated carbocycles. The van der Waals surface area contributed by atoms with E-state index in [0.29, 0.717) is 38.5 Å². The van der Waals surface area contributed by atoms with Crippen molar-refractivity contribution in [1.29, 1.82) is 0 Å². The molecule has 0 bridgehead atoms. The van der Waals surface area contributed by atoms with Gasteiger partial charge in [0.25, 0.3) is 0 Å². The molecule has 0 radical (unpaired) electrons. The summed E-state index contributed by atoms with van der Waals surface area (Å²) in [5.74, 6) is -1.46. The second kappa shape index (κ2) is 40.5. The molecule has 19 N–H and O–H groups in total. The van der Waals surface area contributed by atoms with E-state index in [0.717, 1.165) is 19.3 Å². The fourth-order valence-electron chi connectivity index (χ4n) is 14.1. The minimum absolute atomic E-state index is 0.0752. The highest BCUT2D eigenvalue weighted by Gasteiger charge is 2.61. The molecule has 39 heteroatoms. The Kier molecular flexibility index (Phi) is 34.0. The summed E-state index contributed by atoms with van der Waals surface area (Å²) >= 11 is 0. The highest BCUT2D eigenvalue weighted by Crippen LogP contribution is 2.42. The van der Waals surface area contributed by atoms with Gasteiger partial charge < -0.3 is 182 Å². The van der Waals surface area contributed by atoms with Crippen molar-refractivity contribution in [3.63, 3.8) is 0 Å². The standard InChI is InChI=1S/C68H116O39/c1-11-18-32(20-17-15-13-14-16-19-31(71)21-35(72)90-10)97-65-55(45(82)39(76)28(7)94-65)104-66-57(47(84)41(78)33(22-69)98-66)105-68-59(107-63-50(87)44(81)38(75)27(6)93-63)58(53(30(9)96-68)101-61-48(85)42(79)36(73)25(4)91-61)106-67-56(46(83)40(77)34(23-70)99-67)103-64-51(88)54(52(29(8)95-64)100-60(89)24(3)12-2)102-62-49(86)43(80)37(74)26(5)92-62/h12,25-34,36-59,61-71,73-88H,11,13-23H2,1-10H3/b24-12+/t25-,26+,27+,28-,29-,30+,31+,32+,33-,34-,36-,37+,38+,39+,40-,41-,42+,43-,44-,45+,46+,47+,48-,49-,50-,51-,52-,53+,54-,55-,56-,57-,58-,59-,61+,62+,63+,64+,65+,66+,67+,68+/m1/s1. The molecular weight excluding hydrogens is 1440 g/mol. The number of esters is 2. The molecule has 107 heavy (non-hydrogen) atoms. The molecule has 8 fully saturated rings. The molecule has 8 heterocycles. The van der Waals surface area contributed by atoms with E-state index in [1.165, 1.54) is 68.6 Å². The van der Waals surface area contributed by atoms with Crippen LogP contribution in [0.3, 0.4) is 0 Å². The van der Waals surface area contributed by atoms with Crippen molar-refractivity contribution in [2.24, 2.45) is 0 Å². The molecule has 8 aliphatic rings. The lowest BCUT2D eigenvalue weighted by Crippen LogP contribution is -2.70. The molecule has 0 unspecified atom stereocenters. The zero-order valence-corrected chi connectivity index (χ0v) is 61.5. The van der Waals surface area contributed by atoms with Crippen molar-refractivity contribution in [1.82, 2.24) is 0 Å². The molecule has 42 atom stereocenters. The first kappa shape index (κ1) is 89.8. The fraction of sp³-hybridized carbons (Fsp3) is 0.941. The predicted molar refractivity (Wildman–Crippen MR) is 352 cm³/mol. The first-order valence-electron chi connectivity index (χ1n) is 36.8. The molecular formula is C68H116O39. The summed E-state index contributed by atoms with van der Waals surface area (Å²) in [7, 11) is 1.24. The number of aliphatic hydroxyl groups excluding tert-OH is 19. The van der Waals surface area contributed by atoms with Crippen molar-refractivity contribution >= 4 is 11.9 Å². The number of unbranched alkanes of at least 4 members (excludes halogenated alkanes) is 4.